The van der Waals surface area contributed by atoms with Gasteiger partial charge in [-0.2, -0.15) is 10.4 Å². The third kappa shape index (κ3) is 2.12. The lowest BCUT2D eigenvalue weighted by Crippen LogP contribution is -2.02. The smallest absolute Gasteiger partial charge is 0.356 e. The van der Waals surface area contributed by atoms with Gasteiger partial charge < -0.3 is 5.11 Å². The quantitative estimate of drug-likeness (QED) is 0.881. The van der Waals surface area contributed by atoms with E-state index in [0.29, 0.717) is 16.3 Å². The number of rotatable bonds is 2. The van der Waals surface area contributed by atoms with Crippen LogP contribution >= 0.6 is 11.6 Å². The molecule has 0 bridgehead atoms. The van der Waals surface area contributed by atoms with E-state index in [9.17, 15) is 4.79 Å². The number of carbonyl (C=O) groups is 1. The van der Waals surface area contributed by atoms with Crippen molar-refractivity contribution in [2.24, 2.45) is 0 Å². The first kappa shape index (κ1) is 11.2. The highest BCUT2D eigenvalue weighted by atomic mass is 35.5. The second kappa shape index (κ2) is 4.28. The Hall–Kier alpha value is -2.32. The molecule has 0 saturated heterocycles. The molecule has 5 nitrogen and oxygen atoms in total. The number of nitrogens with zero attached hydrogens (tertiary/aromatic N) is 3. The molecular formula is C11H6ClN3O2. The van der Waals surface area contributed by atoms with E-state index in [1.54, 1.807) is 18.2 Å². The zero-order chi connectivity index (χ0) is 12.4. The molecule has 1 heterocycles. The summed E-state index contributed by atoms with van der Waals surface area (Å²) in [4.78, 5) is 10.7. The van der Waals surface area contributed by atoms with Crippen molar-refractivity contribution in [3.63, 3.8) is 0 Å². The molecule has 0 radical (unpaired) electrons. The zero-order valence-electron chi connectivity index (χ0n) is 8.46. The van der Waals surface area contributed by atoms with Gasteiger partial charge in [-0.3, -0.25) is 0 Å². The van der Waals surface area contributed by atoms with E-state index in [-0.39, 0.29) is 5.69 Å². The van der Waals surface area contributed by atoms with Gasteiger partial charge in [-0.25, -0.2) is 9.48 Å². The fourth-order valence-corrected chi connectivity index (χ4v) is 1.53. The Balaban J connectivity index is 2.56. The predicted molar refractivity (Wildman–Crippen MR) is 60.2 cm³/mol. The molecule has 0 fully saturated rings. The molecule has 2 rings (SSSR count). The van der Waals surface area contributed by atoms with Crippen LogP contribution in [0.15, 0.2) is 30.5 Å². The second-order valence-electron chi connectivity index (χ2n) is 3.22. The number of carboxylic acids is 1. The average molecular weight is 248 g/mol. The molecule has 0 atom stereocenters. The summed E-state index contributed by atoms with van der Waals surface area (Å²) < 4.78 is 1.31. The third-order valence-electron chi connectivity index (χ3n) is 2.14. The van der Waals surface area contributed by atoms with Crippen molar-refractivity contribution in [1.82, 2.24) is 9.78 Å². The van der Waals surface area contributed by atoms with Crippen molar-refractivity contribution in [2.45, 2.75) is 0 Å². The summed E-state index contributed by atoms with van der Waals surface area (Å²) in [7, 11) is 0. The van der Waals surface area contributed by atoms with Crippen molar-refractivity contribution in [3.8, 4) is 11.8 Å². The minimum atomic E-state index is -1.12. The van der Waals surface area contributed by atoms with Crippen molar-refractivity contribution < 1.29 is 9.90 Å². The van der Waals surface area contributed by atoms with Gasteiger partial charge in [-0.05, 0) is 24.3 Å². The molecule has 0 spiro atoms. The number of aromatic carboxylic acids is 1. The van der Waals surface area contributed by atoms with Crippen molar-refractivity contribution in [1.29, 1.82) is 5.26 Å². The van der Waals surface area contributed by atoms with Crippen LogP contribution in [0.2, 0.25) is 5.02 Å². The van der Waals surface area contributed by atoms with E-state index >= 15 is 0 Å². The van der Waals surface area contributed by atoms with Crippen LogP contribution in [0.5, 0.6) is 0 Å². The average Bonchev–Trinajstić information content (AvgIpc) is 2.78. The first-order valence-corrected chi connectivity index (χ1v) is 4.98. The van der Waals surface area contributed by atoms with Gasteiger partial charge in [-0.15, -0.1) is 0 Å². The topological polar surface area (TPSA) is 78.9 Å². The standard InChI is InChI=1S/C11H6ClN3O2/c12-8-2-1-7(6-13)10(5-8)15-4-3-9(14-15)11(16)17/h1-5H,(H,16,17). The summed E-state index contributed by atoms with van der Waals surface area (Å²) in [6.45, 7) is 0. The van der Waals surface area contributed by atoms with Gasteiger partial charge in [0.1, 0.15) is 6.07 Å². The second-order valence-corrected chi connectivity index (χ2v) is 3.66. The van der Waals surface area contributed by atoms with E-state index in [0.717, 1.165) is 0 Å². The first-order valence-electron chi connectivity index (χ1n) is 4.61. The molecule has 0 amide bonds. The van der Waals surface area contributed by atoms with Gasteiger partial charge in [0.2, 0.25) is 0 Å². The zero-order valence-corrected chi connectivity index (χ0v) is 9.22. The molecule has 17 heavy (non-hydrogen) atoms. The largest absolute Gasteiger partial charge is 0.476 e. The Morgan fingerprint density at radius 3 is 2.82 bits per heavy atom. The lowest BCUT2D eigenvalue weighted by molar-refractivity contribution is 0.0690. The number of benzene rings is 1. The monoisotopic (exact) mass is 247 g/mol. The first-order chi connectivity index (χ1) is 8.11. The SMILES string of the molecule is N#Cc1ccc(Cl)cc1-n1ccc(C(=O)O)n1. The van der Waals surface area contributed by atoms with Gasteiger partial charge in [0.25, 0.3) is 0 Å². The van der Waals surface area contributed by atoms with E-state index in [1.165, 1.54) is 16.9 Å². The summed E-state index contributed by atoms with van der Waals surface area (Å²) >= 11 is 5.83. The maximum atomic E-state index is 10.7. The highest BCUT2D eigenvalue weighted by molar-refractivity contribution is 6.30. The van der Waals surface area contributed by atoms with Crippen LogP contribution in [-0.2, 0) is 0 Å². The number of carboxylic acid groups (broad SMARTS) is 1. The molecule has 6 heteroatoms. The molecule has 1 aromatic carbocycles. The maximum absolute atomic E-state index is 10.7. The molecular weight excluding hydrogens is 242 g/mol. The van der Waals surface area contributed by atoms with Gasteiger partial charge in [0.05, 0.1) is 11.3 Å². The molecule has 1 N–H and O–H groups in total. The molecule has 0 unspecified atom stereocenters. The minimum Gasteiger partial charge on any atom is -0.476 e. The van der Waals surface area contributed by atoms with Crippen molar-refractivity contribution >= 4 is 17.6 Å². The predicted octanol–water partition coefficient (Wildman–Crippen LogP) is 2.10. The molecule has 1 aromatic heterocycles. The van der Waals surface area contributed by atoms with Crippen LogP contribution < -0.4 is 0 Å². The van der Waals surface area contributed by atoms with E-state index in [4.69, 9.17) is 22.0 Å². The molecule has 0 saturated carbocycles. The fourth-order valence-electron chi connectivity index (χ4n) is 1.36. The van der Waals surface area contributed by atoms with Crippen molar-refractivity contribution in [2.75, 3.05) is 0 Å². The summed E-state index contributed by atoms with van der Waals surface area (Å²) in [5.74, 6) is -1.12. The van der Waals surface area contributed by atoms with Gasteiger partial charge in [0.15, 0.2) is 5.69 Å². The Labute approximate surface area is 101 Å². The van der Waals surface area contributed by atoms with Crippen LogP contribution in [0.3, 0.4) is 0 Å². The minimum absolute atomic E-state index is 0.0890. The van der Waals surface area contributed by atoms with Gasteiger partial charge in [-0.1, -0.05) is 11.6 Å². The number of nitriles is 1. The van der Waals surface area contributed by atoms with Crippen LogP contribution in [0.1, 0.15) is 16.1 Å². The van der Waals surface area contributed by atoms with E-state index in [2.05, 4.69) is 5.10 Å². The summed E-state index contributed by atoms with van der Waals surface area (Å²) in [5, 5.41) is 22.0. The molecule has 84 valence electrons. The Kier molecular flexibility index (Phi) is 2.81. The third-order valence-corrected chi connectivity index (χ3v) is 2.37. The molecule has 0 aliphatic carbocycles. The number of aromatic nitrogens is 2. The maximum Gasteiger partial charge on any atom is 0.356 e. The summed E-state index contributed by atoms with van der Waals surface area (Å²) in [6.07, 6.45) is 1.47. The molecule has 2 aromatic rings. The number of hydrogen-bond donors (Lipinski definition) is 1. The summed E-state index contributed by atoms with van der Waals surface area (Å²) in [5.41, 5.74) is 0.732. The normalized spacial score (nSPS) is 9.88. The van der Waals surface area contributed by atoms with Crippen LogP contribution in [0.4, 0.5) is 0 Å². The van der Waals surface area contributed by atoms with E-state index < -0.39 is 5.97 Å². The van der Waals surface area contributed by atoms with E-state index in [1.807, 2.05) is 6.07 Å². The Morgan fingerprint density at radius 1 is 1.47 bits per heavy atom. The Bertz CT molecular complexity index is 628. The highest BCUT2D eigenvalue weighted by Gasteiger charge is 2.10. The lowest BCUT2D eigenvalue weighted by Gasteiger charge is -2.03. The van der Waals surface area contributed by atoms with Crippen LogP contribution in [-0.4, -0.2) is 20.9 Å². The number of halogens is 1. The molecule has 0 aliphatic rings. The fraction of sp³-hybridized carbons (Fsp3) is 0. The number of hydrogen-bond acceptors (Lipinski definition) is 3. The van der Waals surface area contributed by atoms with Crippen LogP contribution in [0.25, 0.3) is 5.69 Å². The van der Waals surface area contributed by atoms with Crippen molar-refractivity contribution in [3.05, 3.63) is 46.7 Å². The van der Waals surface area contributed by atoms with Gasteiger partial charge in [0, 0.05) is 11.2 Å². The van der Waals surface area contributed by atoms with Crippen LogP contribution in [0, 0.1) is 11.3 Å². The van der Waals surface area contributed by atoms with Gasteiger partial charge >= 0.3 is 5.97 Å². The highest BCUT2D eigenvalue weighted by Crippen LogP contribution is 2.19. The summed E-state index contributed by atoms with van der Waals surface area (Å²) in [6, 6.07) is 8.04. The molecule has 0 aliphatic heterocycles. The Morgan fingerprint density at radius 2 is 2.24 bits per heavy atom. The lowest BCUT2D eigenvalue weighted by atomic mass is 10.2.